The Bertz CT molecular complexity index is 527. The Morgan fingerprint density at radius 3 is 2.27 bits per heavy atom. The normalized spacial score (nSPS) is 32.5. The summed E-state index contributed by atoms with van der Waals surface area (Å²) in [6, 6.07) is 1.14. The third kappa shape index (κ3) is 3.56. The van der Waals surface area contributed by atoms with E-state index in [1.165, 1.54) is 17.7 Å². The van der Waals surface area contributed by atoms with Crippen molar-refractivity contribution in [2.24, 2.45) is 0 Å². The lowest BCUT2D eigenvalue weighted by Crippen LogP contribution is -2.61. The number of morpholine rings is 1. The van der Waals surface area contributed by atoms with Crippen molar-refractivity contribution in [1.29, 1.82) is 0 Å². The number of fused-ring (bicyclic) bond motifs is 1. The van der Waals surface area contributed by atoms with Crippen LogP contribution in [0.5, 0.6) is 0 Å². The lowest BCUT2D eigenvalue weighted by molar-refractivity contribution is -0.167. The minimum atomic E-state index is -0.796. The van der Waals surface area contributed by atoms with Gasteiger partial charge in [-0.2, -0.15) is 0 Å². The summed E-state index contributed by atoms with van der Waals surface area (Å²) in [5.41, 5.74) is 0. The van der Waals surface area contributed by atoms with Gasteiger partial charge in [-0.05, 0) is 38.5 Å². The molecule has 146 valence electrons. The molecule has 0 bridgehead atoms. The second-order valence-corrected chi connectivity index (χ2v) is 8.27. The molecule has 7 heteroatoms. The smallest absolute Gasteiger partial charge is 0.407 e. The first kappa shape index (κ1) is 18.0. The summed E-state index contributed by atoms with van der Waals surface area (Å²) in [5, 5.41) is 9.10. The molecule has 2 amide bonds. The molecule has 26 heavy (non-hydrogen) atoms. The van der Waals surface area contributed by atoms with Crippen molar-refractivity contribution < 1.29 is 19.4 Å². The van der Waals surface area contributed by atoms with Crippen LogP contribution in [0.25, 0.3) is 0 Å². The maximum absolute atomic E-state index is 12.6. The number of carboxylic acid groups (broad SMARTS) is 1. The molecule has 7 nitrogen and oxygen atoms in total. The van der Waals surface area contributed by atoms with Gasteiger partial charge >= 0.3 is 6.09 Å². The number of carbonyl (C=O) groups excluding carboxylic acids is 1. The standard InChI is InChI=1S/C19H31N3O4/c23-18-13-26-17-4-2-1-3-16(17)22(18)15-7-9-20(10-8-15)14-5-11-21(12-6-14)19(24)25/h14-17H,1-13H2,(H,24,25). The largest absolute Gasteiger partial charge is 0.465 e. The molecule has 1 saturated carbocycles. The number of nitrogens with zero attached hydrogens (tertiary/aromatic N) is 3. The Hall–Kier alpha value is -1.34. The van der Waals surface area contributed by atoms with E-state index in [-0.39, 0.29) is 18.6 Å². The number of carbonyl (C=O) groups is 2. The predicted octanol–water partition coefficient (Wildman–Crippen LogP) is 1.76. The van der Waals surface area contributed by atoms with Crippen LogP contribution in [0.15, 0.2) is 0 Å². The van der Waals surface area contributed by atoms with Crippen LogP contribution in [0.1, 0.15) is 51.4 Å². The quantitative estimate of drug-likeness (QED) is 0.807. The van der Waals surface area contributed by atoms with E-state index in [0.717, 1.165) is 51.6 Å². The molecule has 3 heterocycles. The second-order valence-electron chi connectivity index (χ2n) is 8.27. The zero-order chi connectivity index (χ0) is 18.1. The molecular formula is C19H31N3O4. The van der Waals surface area contributed by atoms with Crippen molar-refractivity contribution in [2.45, 2.75) is 75.6 Å². The Morgan fingerprint density at radius 1 is 0.923 bits per heavy atom. The first-order valence-electron chi connectivity index (χ1n) is 10.3. The van der Waals surface area contributed by atoms with Gasteiger partial charge in [0.25, 0.3) is 0 Å². The summed E-state index contributed by atoms with van der Waals surface area (Å²) in [6.07, 6.45) is 7.99. The third-order valence-corrected chi connectivity index (χ3v) is 6.88. The first-order chi connectivity index (χ1) is 12.6. The number of hydrogen-bond acceptors (Lipinski definition) is 4. The van der Waals surface area contributed by atoms with Crippen LogP contribution in [0.3, 0.4) is 0 Å². The third-order valence-electron chi connectivity index (χ3n) is 6.88. The highest BCUT2D eigenvalue weighted by Crippen LogP contribution is 2.33. The van der Waals surface area contributed by atoms with Crippen LogP contribution in [-0.4, -0.2) is 88.8 Å². The van der Waals surface area contributed by atoms with Crippen LogP contribution in [0.2, 0.25) is 0 Å². The molecule has 0 spiro atoms. The molecule has 4 rings (SSSR count). The number of likely N-dealkylation sites (tertiary alicyclic amines) is 2. The van der Waals surface area contributed by atoms with Crippen LogP contribution >= 0.6 is 0 Å². The first-order valence-corrected chi connectivity index (χ1v) is 10.3. The molecule has 1 N–H and O–H groups in total. The highest BCUT2D eigenvalue weighted by Gasteiger charge is 2.42. The molecule has 4 fully saturated rings. The second kappa shape index (κ2) is 7.72. The van der Waals surface area contributed by atoms with E-state index in [1.807, 2.05) is 0 Å². The van der Waals surface area contributed by atoms with Gasteiger partial charge in [0.2, 0.25) is 5.91 Å². The lowest BCUT2D eigenvalue weighted by Gasteiger charge is -2.50. The van der Waals surface area contributed by atoms with E-state index in [1.54, 1.807) is 0 Å². The number of hydrogen-bond donors (Lipinski definition) is 1. The Balaban J connectivity index is 1.32. The zero-order valence-corrected chi connectivity index (χ0v) is 15.5. The SMILES string of the molecule is O=C(O)N1CCC(N2CCC(N3C(=O)COC4CCCCC43)CC2)CC1. The summed E-state index contributed by atoms with van der Waals surface area (Å²) in [7, 11) is 0. The van der Waals surface area contributed by atoms with Gasteiger partial charge < -0.3 is 24.5 Å². The van der Waals surface area contributed by atoms with Crippen LogP contribution in [-0.2, 0) is 9.53 Å². The predicted molar refractivity (Wildman–Crippen MR) is 96.1 cm³/mol. The molecule has 0 aromatic rings. The van der Waals surface area contributed by atoms with Crippen LogP contribution in [0.4, 0.5) is 4.79 Å². The minimum Gasteiger partial charge on any atom is -0.465 e. The van der Waals surface area contributed by atoms with Crippen LogP contribution < -0.4 is 0 Å². The van der Waals surface area contributed by atoms with Gasteiger partial charge in [-0.1, -0.05) is 12.8 Å². The van der Waals surface area contributed by atoms with E-state index in [4.69, 9.17) is 9.84 Å². The molecular weight excluding hydrogens is 334 g/mol. The van der Waals surface area contributed by atoms with Gasteiger partial charge in [-0.3, -0.25) is 4.79 Å². The lowest BCUT2D eigenvalue weighted by atomic mass is 9.87. The van der Waals surface area contributed by atoms with Crippen LogP contribution in [0, 0.1) is 0 Å². The summed E-state index contributed by atoms with van der Waals surface area (Å²) in [4.78, 5) is 29.9. The van der Waals surface area contributed by atoms with Crippen molar-refractivity contribution in [1.82, 2.24) is 14.7 Å². The molecule has 2 atom stereocenters. The summed E-state index contributed by atoms with van der Waals surface area (Å²) >= 11 is 0. The maximum Gasteiger partial charge on any atom is 0.407 e. The van der Waals surface area contributed by atoms with Gasteiger partial charge in [0.15, 0.2) is 0 Å². The fraction of sp³-hybridized carbons (Fsp3) is 0.895. The van der Waals surface area contributed by atoms with E-state index in [9.17, 15) is 9.59 Å². The number of rotatable bonds is 2. The Kier molecular flexibility index (Phi) is 5.36. The van der Waals surface area contributed by atoms with E-state index < -0.39 is 6.09 Å². The van der Waals surface area contributed by atoms with Crippen molar-refractivity contribution in [3.8, 4) is 0 Å². The molecule has 0 radical (unpaired) electrons. The van der Waals surface area contributed by atoms with E-state index in [2.05, 4.69) is 9.80 Å². The van der Waals surface area contributed by atoms with Crippen molar-refractivity contribution in [3.05, 3.63) is 0 Å². The van der Waals surface area contributed by atoms with Crippen molar-refractivity contribution in [3.63, 3.8) is 0 Å². The minimum absolute atomic E-state index is 0.182. The summed E-state index contributed by atoms with van der Waals surface area (Å²) in [6.45, 7) is 3.58. The van der Waals surface area contributed by atoms with E-state index in [0.29, 0.717) is 31.2 Å². The molecule has 3 aliphatic heterocycles. The Morgan fingerprint density at radius 2 is 1.58 bits per heavy atom. The molecule has 0 aromatic carbocycles. The van der Waals surface area contributed by atoms with Crippen molar-refractivity contribution in [2.75, 3.05) is 32.8 Å². The number of ether oxygens (including phenoxy) is 1. The van der Waals surface area contributed by atoms with Gasteiger partial charge in [0.05, 0.1) is 12.1 Å². The van der Waals surface area contributed by atoms with Crippen molar-refractivity contribution >= 4 is 12.0 Å². The zero-order valence-electron chi connectivity index (χ0n) is 15.5. The molecule has 1 aliphatic carbocycles. The maximum atomic E-state index is 12.6. The summed E-state index contributed by atoms with van der Waals surface area (Å²) in [5.74, 6) is 0.182. The fourth-order valence-corrected chi connectivity index (χ4v) is 5.45. The van der Waals surface area contributed by atoms with Gasteiger partial charge in [0, 0.05) is 38.3 Å². The molecule has 2 unspecified atom stereocenters. The number of amides is 2. The molecule has 4 aliphatic rings. The summed E-state index contributed by atoms with van der Waals surface area (Å²) < 4.78 is 5.81. The Labute approximate surface area is 155 Å². The molecule has 3 saturated heterocycles. The number of piperidine rings is 2. The highest BCUT2D eigenvalue weighted by molar-refractivity contribution is 5.79. The van der Waals surface area contributed by atoms with Gasteiger partial charge in [-0.25, -0.2) is 4.79 Å². The monoisotopic (exact) mass is 365 g/mol. The highest BCUT2D eigenvalue weighted by atomic mass is 16.5. The average Bonchev–Trinajstić information content (AvgIpc) is 2.68. The molecule has 0 aromatic heterocycles. The van der Waals surface area contributed by atoms with Gasteiger partial charge in [0.1, 0.15) is 6.61 Å². The van der Waals surface area contributed by atoms with Gasteiger partial charge in [-0.15, -0.1) is 0 Å². The fourth-order valence-electron chi connectivity index (χ4n) is 5.45. The topological polar surface area (TPSA) is 73.3 Å². The average molecular weight is 365 g/mol. The van der Waals surface area contributed by atoms with E-state index >= 15 is 0 Å².